The van der Waals surface area contributed by atoms with E-state index >= 15 is 0 Å². The summed E-state index contributed by atoms with van der Waals surface area (Å²) in [6.07, 6.45) is 5.04. The number of pyridine rings is 1. The van der Waals surface area contributed by atoms with Crippen molar-refractivity contribution in [3.8, 4) is 17.9 Å². The Morgan fingerprint density at radius 2 is 2.23 bits per heavy atom. The zero-order valence-corrected chi connectivity index (χ0v) is 19.4. The van der Waals surface area contributed by atoms with E-state index in [0.717, 1.165) is 0 Å². The molecule has 2 atom stereocenters. The fourth-order valence-electron chi connectivity index (χ4n) is 4.34. The number of methoxy groups -OCH3 is 1. The third kappa shape index (κ3) is 4.33. The second-order valence-electron chi connectivity index (χ2n) is 7.97. The van der Waals surface area contributed by atoms with E-state index in [2.05, 4.69) is 39.9 Å². The number of nitriles is 1. The van der Waals surface area contributed by atoms with Crippen LogP contribution in [0.25, 0.3) is 5.65 Å². The van der Waals surface area contributed by atoms with E-state index in [4.69, 9.17) is 15.7 Å². The molecule has 1 fully saturated rings. The highest BCUT2D eigenvalue weighted by Crippen LogP contribution is 2.32. The van der Waals surface area contributed by atoms with E-state index in [1.165, 1.54) is 12.3 Å². The number of hydrogen-bond donors (Lipinski definition) is 2. The molecule has 2 amide bonds. The number of fused-ring (bicyclic) bond motifs is 1. The fourth-order valence-corrected chi connectivity index (χ4v) is 4.34. The van der Waals surface area contributed by atoms with Gasteiger partial charge in [0.2, 0.25) is 5.91 Å². The van der Waals surface area contributed by atoms with Crippen LogP contribution in [0.5, 0.6) is 0 Å². The Morgan fingerprint density at radius 3 is 2.89 bits per heavy atom. The summed E-state index contributed by atoms with van der Waals surface area (Å²) in [5.74, 6) is 5.51. The molecular weight excluding hydrogens is 448 g/mol. The second-order valence-corrected chi connectivity index (χ2v) is 7.97. The molecule has 178 valence electrons. The third-order valence-electron chi connectivity index (χ3n) is 5.90. The smallest absolute Gasteiger partial charge is 0.255 e. The molecule has 11 nitrogen and oxygen atoms in total. The maximum atomic E-state index is 12.4. The lowest BCUT2D eigenvalue weighted by Gasteiger charge is -2.22. The summed E-state index contributed by atoms with van der Waals surface area (Å²) in [5, 5.41) is 16.8. The summed E-state index contributed by atoms with van der Waals surface area (Å²) in [6.45, 7) is 4.32. The van der Waals surface area contributed by atoms with Gasteiger partial charge in [-0.15, -0.1) is 0 Å². The molecule has 1 aliphatic rings. The first-order chi connectivity index (χ1) is 16.9. The van der Waals surface area contributed by atoms with Crippen molar-refractivity contribution in [2.24, 2.45) is 5.73 Å². The van der Waals surface area contributed by atoms with Gasteiger partial charge in [0, 0.05) is 32.5 Å². The number of nitrogens with two attached hydrogens (primary N) is 1. The van der Waals surface area contributed by atoms with E-state index in [1.807, 2.05) is 0 Å². The summed E-state index contributed by atoms with van der Waals surface area (Å²) < 4.78 is 8.61. The minimum Gasteiger partial charge on any atom is -0.383 e. The molecule has 1 aliphatic heterocycles. The molecule has 1 saturated heterocycles. The van der Waals surface area contributed by atoms with Crippen LogP contribution in [0.1, 0.15) is 39.8 Å². The number of likely N-dealkylation sites (tertiary alicyclic amines) is 1. The maximum absolute atomic E-state index is 12.4. The first-order valence-electron chi connectivity index (χ1n) is 10.8. The predicted molar refractivity (Wildman–Crippen MR) is 127 cm³/mol. The number of hydrogen-bond acceptors (Lipinski definition) is 7. The van der Waals surface area contributed by atoms with Gasteiger partial charge in [-0.3, -0.25) is 14.0 Å². The van der Waals surface area contributed by atoms with Crippen molar-refractivity contribution < 1.29 is 14.3 Å². The number of primary amides is 1. The first-order valence-corrected chi connectivity index (χ1v) is 10.8. The van der Waals surface area contributed by atoms with Crippen molar-refractivity contribution in [1.29, 1.82) is 5.26 Å². The number of aromatic nitrogens is 4. The molecular formula is C24H24N8O3. The number of imidazole rings is 1. The van der Waals surface area contributed by atoms with Gasteiger partial charge in [0.1, 0.15) is 28.8 Å². The number of carbonyl (C=O) groups excluding carboxylic acids is 2. The second kappa shape index (κ2) is 9.71. The van der Waals surface area contributed by atoms with Crippen LogP contribution in [0.4, 0.5) is 5.82 Å². The van der Waals surface area contributed by atoms with Crippen LogP contribution in [-0.4, -0.2) is 69.2 Å². The third-order valence-corrected chi connectivity index (χ3v) is 5.90. The molecule has 0 spiro atoms. The van der Waals surface area contributed by atoms with E-state index in [-0.39, 0.29) is 29.2 Å². The standard InChI is InChI=1S/C24H24N8O3/c1-4-21(33)31-13-16(10-17(31)14-35-3)32-24(27-2)22(23(26)34)19(29-32)6-5-15-7-8-30-18(11-25)12-28-20(30)9-15/h4,7-9,12,16-17,27H,1,10,13-14H2,2-3H3,(H2,26,34)/t16-,17+/m0/s1. The van der Waals surface area contributed by atoms with Crippen LogP contribution in [0, 0.1) is 23.2 Å². The van der Waals surface area contributed by atoms with Gasteiger partial charge in [0.15, 0.2) is 5.69 Å². The maximum Gasteiger partial charge on any atom is 0.255 e. The monoisotopic (exact) mass is 472 g/mol. The van der Waals surface area contributed by atoms with Crippen LogP contribution in [0.15, 0.2) is 37.2 Å². The number of nitrogens with zero attached hydrogens (tertiary/aromatic N) is 6. The highest BCUT2D eigenvalue weighted by Gasteiger charge is 2.37. The highest BCUT2D eigenvalue weighted by atomic mass is 16.5. The van der Waals surface area contributed by atoms with Crippen molar-refractivity contribution in [3.05, 3.63) is 59.7 Å². The molecule has 0 aliphatic carbocycles. The van der Waals surface area contributed by atoms with E-state index in [1.54, 1.807) is 46.5 Å². The molecule has 0 unspecified atom stereocenters. The lowest BCUT2D eigenvalue weighted by molar-refractivity contribution is -0.127. The number of rotatable bonds is 6. The minimum atomic E-state index is -0.669. The van der Waals surface area contributed by atoms with Crippen LogP contribution in [-0.2, 0) is 9.53 Å². The van der Waals surface area contributed by atoms with Gasteiger partial charge in [-0.2, -0.15) is 10.4 Å². The van der Waals surface area contributed by atoms with E-state index < -0.39 is 5.91 Å². The Hall–Kier alpha value is -4.61. The van der Waals surface area contributed by atoms with Crippen molar-refractivity contribution in [3.63, 3.8) is 0 Å². The van der Waals surface area contributed by atoms with Gasteiger partial charge in [-0.1, -0.05) is 12.5 Å². The number of amides is 2. The lowest BCUT2D eigenvalue weighted by atomic mass is 10.1. The lowest BCUT2D eigenvalue weighted by Crippen LogP contribution is -2.37. The van der Waals surface area contributed by atoms with Crippen molar-refractivity contribution in [2.75, 3.05) is 32.6 Å². The Kier molecular flexibility index (Phi) is 6.53. The van der Waals surface area contributed by atoms with Crippen molar-refractivity contribution >= 4 is 23.3 Å². The molecule has 0 saturated carbocycles. The van der Waals surface area contributed by atoms with E-state index in [0.29, 0.717) is 42.3 Å². The highest BCUT2D eigenvalue weighted by molar-refractivity contribution is 6.00. The predicted octanol–water partition coefficient (Wildman–Crippen LogP) is 0.917. The minimum absolute atomic E-state index is 0.157. The zero-order chi connectivity index (χ0) is 25.1. The summed E-state index contributed by atoms with van der Waals surface area (Å²) in [4.78, 5) is 30.6. The number of nitrogens with one attached hydrogen (secondary N) is 1. The molecule has 3 aromatic rings. The van der Waals surface area contributed by atoms with Crippen LogP contribution >= 0.6 is 0 Å². The van der Waals surface area contributed by atoms with Crippen LogP contribution < -0.4 is 11.1 Å². The van der Waals surface area contributed by atoms with E-state index in [9.17, 15) is 9.59 Å². The van der Waals surface area contributed by atoms with Crippen LogP contribution in [0.2, 0.25) is 0 Å². The number of carbonyl (C=O) groups is 2. The summed E-state index contributed by atoms with van der Waals surface area (Å²) in [5.41, 5.74) is 7.71. The average molecular weight is 473 g/mol. The number of anilines is 1. The van der Waals surface area contributed by atoms with Crippen molar-refractivity contribution in [2.45, 2.75) is 18.5 Å². The Balaban J connectivity index is 1.72. The Morgan fingerprint density at radius 1 is 1.43 bits per heavy atom. The Labute approximate surface area is 201 Å². The molecule has 4 rings (SSSR count). The molecule has 3 aromatic heterocycles. The van der Waals surface area contributed by atoms with Gasteiger partial charge in [0.05, 0.1) is 24.9 Å². The van der Waals surface area contributed by atoms with Gasteiger partial charge in [-0.25, -0.2) is 9.67 Å². The summed E-state index contributed by atoms with van der Waals surface area (Å²) >= 11 is 0. The average Bonchev–Trinajstić information content (AvgIpc) is 3.56. The summed E-state index contributed by atoms with van der Waals surface area (Å²) in [6, 6.07) is 5.17. The number of ether oxygens (including phenoxy) is 1. The summed E-state index contributed by atoms with van der Waals surface area (Å²) in [7, 11) is 3.25. The SMILES string of the molecule is C=CC(=O)N1C[C@@H](n2nc(C#Cc3ccn4c(C#N)cnc4c3)c(C(N)=O)c2NC)C[C@@H]1COC. The Bertz CT molecular complexity index is 1420. The molecule has 0 radical (unpaired) electrons. The molecule has 0 aromatic carbocycles. The molecule has 0 bridgehead atoms. The van der Waals surface area contributed by atoms with Crippen molar-refractivity contribution in [1.82, 2.24) is 24.1 Å². The largest absolute Gasteiger partial charge is 0.383 e. The quantitative estimate of drug-likeness (QED) is 0.401. The molecule has 4 heterocycles. The van der Waals surface area contributed by atoms with Gasteiger partial charge in [0.25, 0.3) is 5.91 Å². The topological polar surface area (TPSA) is 144 Å². The van der Waals surface area contributed by atoms with Gasteiger partial charge >= 0.3 is 0 Å². The molecule has 3 N–H and O–H groups in total. The molecule has 35 heavy (non-hydrogen) atoms. The van der Waals surface area contributed by atoms with Crippen LogP contribution in [0.3, 0.4) is 0 Å². The first kappa shape index (κ1) is 23.5. The fraction of sp³-hybridized carbons (Fsp3) is 0.292. The molecule has 11 heteroatoms. The van der Waals surface area contributed by atoms with Gasteiger partial charge < -0.3 is 20.7 Å². The van der Waals surface area contributed by atoms with Gasteiger partial charge in [-0.05, 0) is 30.6 Å². The normalized spacial score (nSPS) is 17.0. The zero-order valence-electron chi connectivity index (χ0n) is 19.4.